The summed E-state index contributed by atoms with van der Waals surface area (Å²) in [5, 5.41) is 3.96. The summed E-state index contributed by atoms with van der Waals surface area (Å²) in [6.45, 7) is 0. The summed E-state index contributed by atoms with van der Waals surface area (Å²) in [5.74, 6) is -0.391. The van der Waals surface area contributed by atoms with Crippen molar-refractivity contribution < 1.29 is 19.2 Å². The molecule has 0 aliphatic heterocycles. The van der Waals surface area contributed by atoms with Gasteiger partial charge in [0.15, 0.2) is 5.71 Å². The zero-order chi connectivity index (χ0) is 23.8. The van der Waals surface area contributed by atoms with E-state index < -0.39 is 5.97 Å². The van der Waals surface area contributed by atoms with Crippen LogP contribution in [-0.4, -0.2) is 24.6 Å². The summed E-state index contributed by atoms with van der Waals surface area (Å²) >= 11 is 1.61. The summed E-state index contributed by atoms with van der Waals surface area (Å²) in [6.07, 6.45) is 0. The molecule has 0 saturated heterocycles. The number of oxime groups is 1. The van der Waals surface area contributed by atoms with E-state index in [-0.39, 0.29) is 11.5 Å². The van der Waals surface area contributed by atoms with Gasteiger partial charge in [-0.25, -0.2) is 4.79 Å². The average Bonchev–Trinajstić information content (AvgIpc) is 2.90. The van der Waals surface area contributed by atoms with E-state index in [9.17, 15) is 9.59 Å². The van der Waals surface area contributed by atoms with Gasteiger partial charge in [-0.05, 0) is 60.7 Å². The third-order valence-electron chi connectivity index (χ3n) is 4.90. The first kappa shape index (κ1) is 23.0. The Balaban J connectivity index is 1.55. The molecule has 4 aromatic rings. The van der Waals surface area contributed by atoms with Gasteiger partial charge in [0.1, 0.15) is 5.75 Å². The van der Waals surface area contributed by atoms with Crippen molar-refractivity contribution >= 4 is 29.2 Å². The van der Waals surface area contributed by atoms with Crippen molar-refractivity contribution in [3.05, 3.63) is 126 Å². The van der Waals surface area contributed by atoms with E-state index in [1.54, 1.807) is 79.5 Å². The fourth-order valence-electron chi connectivity index (χ4n) is 3.12. The van der Waals surface area contributed by atoms with Gasteiger partial charge in [-0.2, -0.15) is 0 Å². The number of carbonyl (C=O) groups excluding carboxylic acids is 2. The molecule has 0 amide bonds. The number of carbonyl (C=O) groups is 2. The van der Waals surface area contributed by atoms with Gasteiger partial charge < -0.3 is 9.57 Å². The first-order valence-electron chi connectivity index (χ1n) is 10.5. The first-order valence-corrected chi connectivity index (χ1v) is 11.3. The summed E-state index contributed by atoms with van der Waals surface area (Å²) < 4.78 is 5.10. The average molecular weight is 468 g/mol. The SMILES string of the molecule is COc1ccc(C(=O)O/N=C(/C(=O)c2ccc(Sc3ccccc3)cc2)c2ccccc2)cc1. The van der Waals surface area contributed by atoms with Crippen LogP contribution in [0, 0.1) is 0 Å². The van der Waals surface area contributed by atoms with Crippen LogP contribution in [0.4, 0.5) is 0 Å². The second-order valence-corrected chi connectivity index (χ2v) is 8.33. The molecular formula is C28H21NO4S. The molecule has 0 spiro atoms. The second-order valence-electron chi connectivity index (χ2n) is 7.18. The van der Waals surface area contributed by atoms with Crippen LogP contribution in [0.2, 0.25) is 0 Å². The molecule has 168 valence electrons. The molecule has 34 heavy (non-hydrogen) atoms. The summed E-state index contributed by atoms with van der Waals surface area (Å²) in [4.78, 5) is 33.0. The predicted octanol–water partition coefficient (Wildman–Crippen LogP) is 6.29. The number of hydrogen-bond acceptors (Lipinski definition) is 6. The number of benzene rings is 4. The molecule has 0 atom stereocenters. The standard InChI is InChI=1S/C28H21NO4S/c1-32-23-16-12-22(13-17-23)28(31)33-29-26(20-8-4-2-5-9-20)27(30)21-14-18-25(19-15-21)34-24-10-6-3-7-11-24/h2-19H,1H3/b29-26+. The largest absolute Gasteiger partial charge is 0.497 e. The van der Waals surface area contributed by atoms with Crippen molar-refractivity contribution in [1.29, 1.82) is 0 Å². The minimum Gasteiger partial charge on any atom is -0.497 e. The van der Waals surface area contributed by atoms with Crippen molar-refractivity contribution in [3.8, 4) is 5.75 Å². The van der Waals surface area contributed by atoms with Crippen LogP contribution in [0.3, 0.4) is 0 Å². The van der Waals surface area contributed by atoms with E-state index in [4.69, 9.17) is 9.57 Å². The lowest BCUT2D eigenvalue weighted by Gasteiger charge is -2.07. The van der Waals surface area contributed by atoms with Crippen LogP contribution in [0.25, 0.3) is 0 Å². The molecule has 0 N–H and O–H groups in total. The fraction of sp³-hybridized carbons (Fsp3) is 0.0357. The predicted molar refractivity (Wildman–Crippen MR) is 133 cm³/mol. The lowest BCUT2D eigenvalue weighted by atomic mass is 10.0. The maximum absolute atomic E-state index is 13.3. The summed E-state index contributed by atoms with van der Waals surface area (Å²) in [5.41, 5.74) is 1.34. The monoisotopic (exact) mass is 467 g/mol. The quantitative estimate of drug-likeness (QED) is 0.132. The molecule has 0 bridgehead atoms. The topological polar surface area (TPSA) is 65.0 Å². The van der Waals surface area contributed by atoms with Crippen molar-refractivity contribution in [2.75, 3.05) is 7.11 Å². The molecule has 0 unspecified atom stereocenters. The van der Waals surface area contributed by atoms with Crippen molar-refractivity contribution in [2.45, 2.75) is 9.79 Å². The first-order chi connectivity index (χ1) is 16.6. The van der Waals surface area contributed by atoms with Crippen LogP contribution < -0.4 is 4.74 Å². The van der Waals surface area contributed by atoms with Crippen molar-refractivity contribution in [3.63, 3.8) is 0 Å². The smallest absolute Gasteiger partial charge is 0.365 e. The fourth-order valence-corrected chi connectivity index (χ4v) is 3.96. The highest BCUT2D eigenvalue weighted by molar-refractivity contribution is 7.99. The van der Waals surface area contributed by atoms with Gasteiger partial charge in [-0.15, -0.1) is 0 Å². The Kier molecular flexibility index (Phi) is 7.53. The third-order valence-corrected chi connectivity index (χ3v) is 5.92. The van der Waals surface area contributed by atoms with Gasteiger partial charge in [-0.1, -0.05) is 65.4 Å². The number of nitrogens with zero attached hydrogens (tertiary/aromatic N) is 1. The minimum absolute atomic E-state index is 0.0472. The Morgan fingerprint density at radius 1 is 0.647 bits per heavy atom. The maximum Gasteiger partial charge on any atom is 0.365 e. The molecule has 6 heteroatoms. The molecular weight excluding hydrogens is 446 g/mol. The molecule has 4 aromatic carbocycles. The van der Waals surface area contributed by atoms with E-state index >= 15 is 0 Å². The van der Waals surface area contributed by atoms with E-state index in [0.29, 0.717) is 22.4 Å². The lowest BCUT2D eigenvalue weighted by Crippen LogP contribution is -2.17. The number of hydrogen-bond donors (Lipinski definition) is 0. The van der Waals surface area contributed by atoms with Crippen LogP contribution in [-0.2, 0) is 4.84 Å². The number of methoxy groups -OCH3 is 1. The molecule has 0 radical (unpaired) electrons. The molecule has 0 aliphatic carbocycles. The third kappa shape index (κ3) is 5.79. The highest BCUT2D eigenvalue weighted by Gasteiger charge is 2.19. The van der Waals surface area contributed by atoms with Crippen molar-refractivity contribution in [2.24, 2.45) is 5.16 Å². The van der Waals surface area contributed by atoms with Gasteiger partial charge in [-0.3, -0.25) is 4.79 Å². The van der Waals surface area contributed by atoms with E-state index in [1.807, 2.05) is 48.5 Å². The van der Waals surface area contributed by atoms with E-state index in [0.717, 1.165) is 9.79 Å². The Morgan fingerprint density at radius 2 is 1.21 bits per heavy atom. The lowest BCUT2D eigenvalue weighted by molar-refractivity contribution is 0.0516. The Hall–Kier alpha value is -4.16. The van der Waals surface area contributed by atoms with Crippen LogP contribution in [0.15, 0.2) is 124 Å². The maximum atomic E-state index is 13.3. The van der Waals surface area contributed by atoms with Crippen LogP contribution in [0.1, 0.15) is 26.3 Å². The highest BCUT2D eigenvalue weighted by atomic mass is 32.2. The number of ether oxygens (including phenoxy) is 1. The van der Waals surface area contributed by atoms with Crippen LogP contribution in [0.5, 0.6) is 5.75 Å². The molecule has 0 heterocycles. The minimum atomic E-state index is -0.668. The Bertz CT molecular complexity index is 1290. The summed E-state index contributed by atoms with van der Waals surface area (Å²) in [6, 6.07) is 32.6. The Labute approximate surface area is 202 Å². The normalized spacial score (nSPS) is 11.0. The van der Waals surface area contributed by atoms with E-state index in [1.165, 1.54) is 0 Å². The number of Topliss-reactive ketones (excluding diaryl/α,β-unsaturated/α-hetero) is 1. The summed E-state index contributed by atoms with van der Waals surface area (Å²) in [7, 11) is 1.54. The molecule has 4 rings (SSSR count). The van der Waals surface area contributed by atoms with Crippen molar-refractivity contribution in [1.82, 2.24) is 0 Å². The van der Waals surface area contributed by atoms with Gasteiger partial charge in [0.05, 0.1) is 12.7 Å². The molecule has 0 saturated carbocycles. The van der Waals surface area contributed by atoms with E-state index in [2.05, 4.69) is 5.16 Å². The Morgan fingerprint density at radius 3 is 1.82 bits per heavy atom. The molecule has 0 aliphatic rings. The molecule has 0 fully saturated rings. The zero-order valence-corrected chi connectivity index (χ0v) is 19.2. The zero-order valence-electron chi connectivity index (χ0n) is 18.4. The second kappa shape index (κ2) is 11.1. The van der Waals surface area contributed by atoms with Crippen LogP contribution >= 0.6 is 11.8 Å². The van der Waals surface area contributed by atoms with Gasteiger partial charge >= 0.3 is 5.97 Å². The molecule has 5 nitrogen and oxygen atoms in total. The van der Waals surface area contributed by atoms with Gasteiger partial charge in [0, 0.05) is 20.9 Å². The number of ketones is 1. The van der Waals surface area contributed by atoms with Gasteiger partial charge in [0.2, 0.25) is 5.78 Å². The highest BCUT2D eigenvalue weighted by Crippen LogP contribution is 2.27. The molecule has 0 aromatic heterocycles. The number of rotatable bonds is 8. The van der Waals surface area contributed by atoms with Gasteiger partial charge in [0.25, 0.3) is 0 Å².